The molecule has 0 radical (unpaired) electrons. The van der Waals surface area contributed by atoms with Crippen LogP contribution in [0.5, 0.6) is 0 Å². The number of carboxylic acid groups (broad SMARTS) is 1. The van der Waals surface area contributed by atoms with Crippen LogP contribution in [-0.4, -0.2) is 57.6 Å². The third kappa shape index (κ3) is 10.7. The Morgan fingerprint density at radius 1 is 0.481 bits per heavy atom. The van der Waals surface area contributed by atoms with E-state index in [9.17, 15) is 24.6 Å². The van der Waals surface area contributed by atoms with Crippen LogP contribution < -0.4 is 0 Å². The van der Waals surface area contributed by atoms with Gasteiger partial charge < -0.3 is 24.8 Å². The van der Waals surface area contributed by atoms with Crippen molar-refractivity contribution in [1.29, 1.82) is 0 Å². The number of fused-ring (bicyclic) bond motifs is 2. The average molecular weight is 762 g/mol. The first-order valence-corrected chi connectivity index (χ1v) is 17.5. The molecule has 5 aromatic rings. The summed E-state index contributed by atoms with van der Waals surface area (Å²) in [6, 6.07) is 35.0. The fraction of sp³-hybridized carbons (Fsp3) is 0.195. The Morgan fingerprint density at radius 2 is 0.808 bits per heavy atom. The summed E-state index contributed by atoms with van der Waals surface area (Å²) in [6.07, 6.45) is -0.329. The molecule has 5 aromatic carbocycles. The van der Waals surface area contributed by atoms with E-state index in [2.05, 4.69) is 0 Å². The molecule has 11 heteroatoms. The molecule has 0 saturated carbocycles. The van der Waals surface area contributed by atoms with Gasteiger partial charge in [-0.05, 0) is 76.9 Å². The van der Waals surface area contributed by atoms with Crippen LogP contribution >= 0.6 is 34.8 Å². The molecule has 2 aliphatic carbocycles. The average Bonchev–Trinajstić information content (AvgIpc) is 3.13. The van der Waals surface area contributed by atoms with E-state index in [1.807, 2.05) is 48.5 Å². The molecule has 0 spiro atoms. The van der Waals surface area contributed by atoms with Gasteiger partial charge in [0, 0.05) is 40.8 Å². The van der Waals surface area contributed by atoms with Gasteiger partial charge in [0.15, 0.2) is 0 Å². The first-order chi connectivity index (χ1) is 25.0. The maximum atomic E-state index is 12.7. The highest BCUT2D eigenvalue weighted by molar-refractivity contribution is 6.31. The molecule has 268 valence electrons. The molecule has 0 aliphatic heterocycles. The van der Waals surface area contributed by atoms with E-state index >= 15 is 0 Å². The minimum absolute atomic E-state index is 0.215. The monoisotopic (exact) mass is 760 g/mol. The molecule has 7 rings (SSSR count). The number of esters is 2. The van der Waals surface area contributed by atoms with Crippen LogP contribution in [0, 0.1) is 0 Å². The van der Waals surface area contributed by atoms with Crippen molar-refractivity contribution in [2.45, 2.75) is 50.1 Å². The molecule has 8 nitrogen and oxygen atoms in total. The van der Waals surface area contributed by atoms with Gasteiger partial charge in [-0.2, -0.15) is 0 Å². The van der Waals surface area contributed by atoms with Gasteiger partial charge in [0.1, 0.15) is 12.2 Å². The number of hydrogen-bond acceptors (Lipinski definition) is 7. The van der Waals surface area contributed by atoms with Crippen LogP contribution in [0.2, 0.25) is 15.1 Å². The number of hydrogen-bond donors (Lipinski definition) is 3. The molecule has 0 saturated heterocycles. The summed E-state index contributed by atoms with van der Waals surface area (Å²) in [4.78, 5) is 35.7. The normalized spacial score (nSPS) is 18.5. The van der Waals surface area contributed by atoms with Crippen molar-refractivity contribution in [3.8, 4) is 0 Å². The summed E-state index contributed by atoms with van der Waals surface area (Å²) in [5.74, 6) is -1.97. The second kappa shape index (κ2) is 18.2. The Balaban J connectivity index is 0.000000193. The minimum Gasteiger partial charge on any atom is -0.478 e. The van der Waals surface area contributed by atoms with Crippen molar-refractivity contribution in [1.82, 2.24) is 0 Å². The summed E-state index contributed by atoms with van der Waals surface area (Å²) < 4.78 is 11.5. The predicted octanol–water partition coefficient (Wildman–Crippen LogP) is 8.09. The Labute approximate surface area is 316 Å². The Kier molecular flexibility index (Phi) is 13.5. The van der Waals surface area contributed by atoms with Crippen LogP contribution in [0.3, 0.4) is 0 Å². The number of carbonyl (C=O) groups is 3. The second-order valence-electron chi connectivity index (χ2n) is 12.2. The smallest absolute Gasteiger partial charge is 0.338 e. The van der Waals surface area contributed by atoms with E-state index in [1.54, 1.807) is 60.7 Å². The quantitative estimate of drug-likeness (QED) is 0.153. The van der Waals surface area contributed by atoms with Crippen molar-refractivity contribution in [3.05, 3.63) is 175 Å². The van der Waals surface area contributed by atoms with Gasteiger partial charge in [0.2, 0.25) is 0 Å². The molecule has 0 aromatic heterocycles. The van der Waals surface area contributed by atoms with E-state index in [4.69, 9.17) is 49.4 Å². The molecule has 0 unspecified atom stereocenters. The zero-order valence-corrected chi connectivity index (χ0v) is 30.0. The summed E-state index contributed by atoms with van der Waals surface area (Å²) in [5.41, 5.74) is 5.37. The molecule has 52 heavy (non-hydrogen) atoms. The van der Waals surface area contributed by atoms with E-state index in [-0.39, 0.29) is 5.56 Å². The standard InChI is InChI=1S/C24H18Cl2O4.C10H12O2.C7H5ClO2/c25-19-9-3-7-17(11-19)23(27)29-21-13-15-5-1-2-6-16(15)14-22(21)30-24(28)18-8-4-10-20(26)12-18;11-9-5-7-3-1-2-4-8(7)6-10(9)12;8-6-3-1-2-5(4-6)7(9)10/h1-12,21-22H,13-14H2;1-4,9-12H,5-6H2;1-4H,(H,9,10)/t21-,22+;9-,10+;. The molecule has 3 N–H and O–H groups in total. The molecule has 0 amide bonds. The lowest BCUT2D eigenvalue weighted by Gasteiger charge is -2.32. The molecule has 0 bridgehead atoms. The van der Waals surface area contributed by atoms with Gasteiger partial charge in [-0.3, -0.25) is 0 Å². The largest absolute Gasteiger partial charge is 0.478 e. The number of halogens is 3. The van der Waals surface area contributed by atoms with Crippen LogP contribution in [-0.2, 0) is 35.2 Å². The summed E-state index contributed by atoms with van der Waals surface area (Å²) in [7, 11) is 0. The highest BCUT2D eigenvalue weighted by Gasteiger charge is 2.35. The van der Waals surface area contributed by atoms with E-state index < -0.39 is 42.3 Å². The van der Waals surface area contributed by atoms with Crippen LogP contribution in [0.25, 0.3) is 0 Å². The lowest BCUT2D eigenvalue weighted by Crippen LogP contribution is -2.41. The van der Waals surface area contributed by atoms with Gasteiger partial charge in [0.05, 0.1) is 28.9 Å². The van der Waals surface area contributed by atoms with Gasteiger partial charge in [-0.25, -0.2) is 14.4 Å². The van der Waals surface area contributed by atoms with Gasteiger partial charge in [-0.15, -0.1) is 0 Å². The summed E-state index contributed by atoms with van der Waals surface area (Å²) in [6.45, 7) is 0. The fourth-order valence-corrected chi connectivity index (χ4v) is 6.40. The van der Waals surface area contributed by atoms with Crippen LogP contribution in [0.15, 0.2) is 121 Å². The topological polar surface area (TPSA) is 130 Å². The first kappa shape index (κ1) is 38.5. The third-order valence-electron chi connectivity index (χ3n) is 8.50. The minimum atomic E-state index is -0.956. The second-order valence-corrected chi connectivity index (χ2v) is 13.5. The Morgan fingerprint density at radius 3 is 1.13 bits per heavy atom. The third-order valence-corrected chi connectivity index (χ3v) is 9.21. The maximum Gasteiger partial charge on any atom is 0.338 e. The molecule has 4 atom stereocenters. The maximum absolute atomic E-state index is 12.7. The number of ether oxygens (including phenoxy) is 2. The number of aliphatic hydroxyl groups excluding tert-OH is 2. The Bertz CT molecular complexity index is 1920. The van der Waals surface area contributed by atoms with Gasteiger partial charge in [-0.1, -0.05) is 102 Å². The lowest BCUT2D eigenvalue weighted by atomic mass is 9.87. The molecule has 0 heterocycles. The number of aliphatic hydroxyl groups is 2. The van der Waals surface area contributed by atoms with Crippen LogP contribution in [0.4, 0.5) is 0 Å². The number of rotatable bonds is 5. The molecule has 0 fully saturated rings. The lowest BCUT2D eigenvalue weighted by molar-refractivity contribution is -0.0389. The van der Waals surface area contributed by atoms with Crippen molar-refractivity contribution in [2.24, 2.45) is 0 Å². The van der Waals surface area contributed by atoms with E-state index in [1.165, 1.54) is 12.1 Å². The van der Waals surface area contributed by atoms with Crippen molar-refractivity contribution in [2.75, 3.05) is 0 Å². The van der Waals surface area contributed by atoms with E-state index in [0.717, 1.165) is 22.3 Å². The number of aromatic carboxylic acids is 1. The first-order valence-electron chi connectivity index (χ1n) is 16.4. The molecule has 2 aliphatic rings. The number of carbonyl (C=O) groups excluding carboxylic acids is 2. The SMILES string of the molecule is O=C(O)c1cccc(Cl)c1.O=C(O[C@H]1Cc2ccccc2C[C@H]1OC(=O)c1cccc(Cl)c1)c1cccc(Cl)c1.O[C@@H]1Cc2ccccc2C[C@@H]1O. The van der Waals surface area contributed by atoms with Gasteiger partial charge >= 0.3 is 17.9 Å². The predicted molar refractivity (Wildman–Crippen MR) is 199 cm³/mol. The van der Waals surface area contributed by atoms with Gasteiger partial charge in [0.25, 0.3) is 0 Å². The van der Waals surface area contributed by atoms with E-state index in [0.29, 0.717) is 51.9 Å². The molecular weight excluding hydrogens is 727 g/mol. The Hall–Kier alpha value is -4.70. The van der Waals surface area contributed by atoms with Crippen molar-refractivity contribution >= 4 is 52.7 Å². The highest BCUT2D eigenvalue weighted by atomic mass is 35.5. The number of carboxylic acids is 1. The molecular formula is C41H35Cl3O8. The van der Waals surface area contributed by atoms with Crippen molar-refractivity contribution in [3.63, 3.8) is 0 Å². The highest BCUT2D eigenvalue weighted by Crippen LogP contribution is 2.28. The summed E-state index contributed by atoms with van der Waals surface area (Å²) >= 11 is 17.5. The zero-order valence-electron chi connectivity index (χ0n) is 27.7. The number of benzene rings is 5. The van der Waals surface area contributed by atoms with Crippen LogP contribution in [0.1, 0.15) is 53.3 Å². The van der Waals surface area contributed by atoms with Crippen molar-refractivity contribution < 1.29 is 39.2 Å². The zero-order chi connectivity index (χ0) is 37.2. The summed E-state index contributed by atoms with van der Waals surface area (Å²) in [5, 5.41) is 28.5. The fourth-order valence-electron chi connectivity index (χ4n) is 5.83.